The largest absolute Gasteiger partial charge is 0.464 e. The third kappa shape index (κ3) is 4.94. The van der Waals surface area contributed by atoms with Gasteiger partial charge in [-0.15, -0.1) is 0 Å². The van der Waals surface area contributed by atoms with E-state index in [9.17, 15) is 4.79 Å². The van der Waals surface area contributed by atoms with Crippen molar-refractivity contribution in [2.45, 2.75) is 51.0 Å². The number of piperidine rings is 1. The van der Waals surface area contributed by atoms with Crippen molar-refractivity contribution in [1.29, 1.82) is 0 Å². The molecule has 2 aliphatic rings. The van der Waals surface area contributed by atoms with E-state index in [0.29, 0.717) is 12.5 Å². The minimum Gasteiger partial charge on any atom is -0.464 e. The maximum atomic E-state index is 11.6. The van der Waals surface area contributed by atoms with Gasteiger partial charge in [-0.2, -0.15) is 0 Å². The molecular weight excluding hydrogens is 230 g/mol. The zero-order valence-electron chi connectivity index (χ0n) is 11.2. The monoisotopic (exact) mass is 255 g/mol. The second kappa shape index (κ2) is 7.74. The van der Waals surface area contributed by atoms with Crippen molar-refractivity contribution in [3.05, 3.63) is 0 Å². The van der Waals surface area contributed by atoms with Crippen LogP contribution in [0.2, 0.25) is 0 Å². The van der Waals surface area contributed by atoms with Crippen LogP contribution >= 0.6 is 0 Å². The van der Waals surface area contributed by atoms with Crippen LogP contribution in [-0.4, -0.2) is 38.4 Å². The van der Waals surface area contributed by atoms with Crippen LogP contribution < -0.4 is 5.32 Å². The Kier molecular flexibility index (Phi) is 5.94. The van der Waals surface area contributed by atoms with Gasteiger partial charge in [-0.1, -0.05) is 19.3 Å². The van der Waals surface area contributed by atoms with E-state index in [0.717, 1.165) is 25.9 Å². The number of ether oxygens (including phenoxy) is 2. The lowest BCUT2D eigenvalue weighted by Gasteiger charge is -2.23. The summed E-state index contributed by atoms with van der Waals surface area (Å²) in [5, 5.41) is 3.27. The Balaban J connectivity index is 1.54. The average Bonchev–Trinajstić information content (AvgIpc) is 2.45. The molecule has 1 N–H and O–H groups in total. The maximum Gasteiger partial charge on any atom is 0.332 e. The molecule has 2 rings (SSSR count). The SMILES string of the molecule is O=C(COC1CCNCC1)OCC1CCCCC1. The van der Waals surface area contributed by atoms with Gasteiger partial charge < -0.3 is 14.8 Å². The normalized spacial score (nSPS) is 22.9. The standard InChI is InChI=1S/C14H25NO3/c16-14(11-17-13-6-8-15-9-7-13)18-10-12-4-2-1-3-5-12/h12-13,15H,1-11H2. The van der Waals surface area contributed by atoms with Gasteiger partial charge in [-0.3, -0.25) is 0 Å². The second-order valence-corrected chi connectivity index (χ2v) is 5.45. The lowest BCUT2D eigenvalue weighted by Crippen LogP contribution is -2.33. The molecule has 1 saturated heterocycles. The van der Waals surface area contributed by atoms with Crippen LogP contribution in [-0.2, 0) is 14.3 Å². The van der Waals surface area contributed by atoms with Gasteiger partial charge in [-0.05, 0) is 44.7 Å². The van der Waals surface area contributed by atoms with Crippen LogP contribution in [0.4, 0.5) is 0 Å². The molecule has 4 nitrogen and oxygen atoms in total. The van der Waals surface area contributed by atoms with E-state index >= 15 is 0 Å². The molecule has 0 spiro atoms. The van der Waals surface area contributed by atoms with Gasteiger partial charge in [0.05, 0.1) is 12.7 Å². The summed E-state index contributed by atoms with van der Waals surface area (Å²) in [7, 11) is 0. The molecule has 18 heavy (non-hydrogen) atoms. The van der Waals surface area contributed by atoms with Gasteiger partial charge in [0.25, 0.3) is 0 Å². The zero-order valence-corrected chi connectivity index (χ0v) is 11.2. The second-order valence-electron chi connectivity index (χ2n) is 5.45. The molecule has 0 atom stereocenters. The smallest absolute Gasteiger partial charge is 0.332 e. The van der Waals surface area contributed by atoms with Gasteiger partial charge in [-0.25, -0.2) is 4.79 Å². The highest BCUT2D eigenvalue weighted by molar-refractivity contribution is 5.70. The summed E-state index contributed by atoms with van der Waals surface area (Å²) >= 11 is 0. The van der Waals surface area contributed by atoms with E-state index in [1.165, 1.54) is 32.1 Å². The van der Waals surface area contributed by atoms with Crippen molar-refractivity contribution in [1.82, 2.24) is 5.32 Å². The molecule has 1 heterocycles. The number of rotatable bonds is 5. The van der Waals surface area contributed by atoms with Crippen molar-refractivity contribution in [3.63, 3.8) is 0 Å². The Bertz CT molecular complexity index is 221. The van der Waals surface area contributed by atoms with E-state index in [-0.39, 0.29) is 18.7 Å². The molecular formula is C14H25NO3. The third-order valence-corrected chi connectivity index (χ3v) is 3.93. The van der Waals surface area contributed by atoms with Crippen LogP contribution in [0.5, 0.6) is 0 Å². The fraction of sp³-hybridized carbons (Fsp3) is 0.929. The topological polar surface area (TPSA) is 47.6 Å². The Morgan fingerprint density at radius 1 is 1.06 bits per heavy atom. The average molecular weight is 255 g/mol. The molecule has 0 aromatic rings. The minimum atomic E-state index is -0.195. The quantitative estimate of drug-likeness (QED) is 0.762. The first-order valence-corrected chi connectivity index (χ1v) is 7.32. The molecule has 0 radical (unpaired) electrons. The molecule has 1 aliphatic carbocycles. The van der Waals surface area contributed by atoms with Crippen molar-refractivity contribution in [3.8, 4) is 0 Å². The van der Waals surface area contributed by atoms with Crippen molar-refractivity contribution in [2.75, 3.05) is 26.3 Å². The number of hydrogen-bond acceptors (Lipinski definition) is 4. The number of carbonyl (C=O) groups is 1. The van der Waals surface area contributed by atoms with Crippen LogP contribution in [0.1, 0.15) is 44.9 Å². The third-order valence-electron chi connectivity index (χ3n) is 3.93. The molecule has 4 heteroatoms. The molecule has 0 bridgehead atoms. The van der Waals surface area contributed by atoms with E-state index < -0.39 is 0 Å². The summed E-state index contributed by atoms with van der Waals surface area (Å²) in [5.74, 6) is 0.390. The van der Waals surface area contributed by atoms with Gasteiger partial charge in [0.1, 0.15) is 6.61 Å². The lowest BCUT2D eigenvalue weighted by atomic mass is 9.90. The molecule has 0 aromatic heterocycles. The van der Waals surface area contributed by atoms with E-state index in [1.807, 2.05) is 0 Å². The fourth-order valence-electron chi connectivity index (χ4n) is 2.75. The number of hydrogen-bond donors (Lipinski definition) is 1. The first-order valence-electron chi connectivity index (χ1n) is 7.32. The molecule has 2 fully saturated rings. The maximum absolute atomic E-state index is 11.6. The molecule has 0 unspecified atom stereocenters. The van der Waals surface area contributed by atoms with Crippen molar-refractivity contribution < 1.29 is 14.3 Å². The fourth-order valence-corrected chi connectivity index (χ4v) is 2.75. The van der Waals surface area contributed by atoms with Gasteiger partial charge >= 0.3 is 5.97 Å². The van der Waals surface area contributed by atoms with Gasteiger partial charge in [0.15, 0.2) is 0 Å². The van der Waals surface area contributed by atoms with Crippen molar-refractivity contribution in [2.24, 2.45) is 5.92 Å². The van der Waals surface area contributed by atoms with Gasteiger partial charge in [0, 0.05) is 0 Å². The first-order chi connectivity index (χ1) is 8.84. The summed E-state index contributed by atoms with van der Waals surface area (Å²) in [6.07, 6.45) is 8.55. The molecule has 104 valence electrons. The van der Waals surface area contributed by atoms with Crippen LogP contribution in [0.15, 0.2) is 0 Å². The lowest BCUT2D eigenvalue weighted by molar-refractivity contribution is -0.153. The van der Waals surface area contributed by atoms with E-state index in [2.05, 4.69) is 5.32 Å². The highest BCUT2D eigenvalue weighted by Gasteiger charge is 2.17. The first kappa shape index (κ1) is 13.8. The summed E-state index contributed by atoms with van der Waals surface area (Å²) < 4.78 is 10.9. The Labute approximate surface area is 109 Å². The molecule has 0 aromatic carbocycles. The predicted octanol–water partition coefficient (Wildman–Crippen LogP) is 1.88. The minimum absolute atomic E-state index is 0.122. The van der Waals surface area contributed by atoms with Crippen molar-refractivity contribution >= 4 is 5.97 Å². The van der Waals surface area contributed by atoms with E-state index in [4.69, 9.17) is 9.47 Å². The van der Waals surface area contributed by atoms with Gasteiger partial charge in [0.2, 0.25) is 0 Å². The Hall–Kier alpha value is -0.610. The highest BCUT2D eigenvalue weighted by atomic mass is 16.6. The molecule has 1 aliphatic heterocycles. The summed E-state index contributed by atoms with van der Waals surface area (Å²) in [5.41, 5.74) is 0. The Morgan fingerprint density at radius 3 is 2.50 bits per heavy atom. The number of nitrogens with one attached hydrogen (secondary N) is 1. The Morgan fingerprint density at radius 2 is 1.78 bits per heavy atom. The van der Waals surface area contributed by atoms with E-state index in [1.54, 1.807) is 0 Å². The zero-order chi connectivity index (χ0) is 12.6. The summed E-state index contributed by atoms with van der Waals surface area (Å²) in [6.45, 7) is 2.69. The highest BCUT2D eigenvalue weighted by Crippen LogP contribution is 2.23. The summed E-state index contributed by atoms with van der Waals surface area (Å²) in [6, 6.07) is 0. The van der Waals surface area contributed by atoms with Crippen LogP contribution in [0.25, 0.3) is 0 Å². The number of carbonyl (C=O) groups excluding carboxylic acids is 1. The number of esters is 1. The molecule has 1 saturated carbocycles. The molecule has 0 amide bonds. The summed E-state index contributed by atoms with van der Waals surface area (Å²) in [4.78, 5) is 11.6. The van der Waals surface area contributed by atoms with Crippen LogP contribution in [0, 0.1) is 5.92 Å². The van der Waals surface area contributed by atoms with Crippen LogP contribution in [0.3, 0.4) is 0 Å². The predicted molar refractivity (Wildman–Crippen MR) is 69.4 cm³/mol.